The molecule has 1 heterocycles. The van der Waals surface area contributed by atoms with E-state index in [0.717, 1.165) is 11.3 Å². The third-order valence-electron chi connectivity index (χ3n) is 1.54. The highest BCUT2D eigenvalue weighted by molar-refractivity contribution is 5.27. The van der Waals surface area contributed by atoms with Gasteiger partial charge in [-0.1, -0.05) is 0 Å². The van der Waals surface area contributed by atoms with E-state index in [4.69, 9.17) is 9.47 Å². The minimum absolute atomic E-state index is 0. The van der Waals surface area contributed by atoms with Gasteiger partial charge in [0.15, 0.2) is 0 Å². The van der Waals surface area contributed by atoms with Crippen molar-refractivity contribution in [2.24, 2.45) is 0 Å². The second-order valence-electron chi connectivity index (χ2n) is 2.48. The number of rotatable bonds is 4. The van der Waals surface area contributed by atoms with E-state index in [1.807, 2.05) is 13.0 Å². The van der Waals surface area contributed by atoms with Gasteiger partial charge < -0.3 is 15.6 Å². The summed E-state index contributed by atoms with van der Waals surface area (Å²) in [5, 5.41) is 0. The predicted molar refractivity (Wildman–Crippen MR) is 51.4 cm³/mol. The topological polar surface area (TPSA) is 66.3 Å². The molecule has 0 spiro atoms. The molecule has 13 heavy (non-hydrogen) atoms. The van der Waals surface area contributed by atoms with Crippen molar-refractivity contribution in [3.63, 3.8) is 0 Å². The molecule has 4 heteroatoms. The summed E-state index contributed by atoms with van der Waals surface area (Å²) in [6.07, 6.45) is 3.46. The Labute approximate surface area is 78.5 Å². The normalized spacial score (nSPS) is 9.08. The van der Waals surface area contributed by atoms with Crippen LogP contribution in [0.25, 0.3) is 0 Å². The van der Waals surface area contributed by atoms with Crippen LogP contribution in [-0.2, 0) is 4.74 Å². The number of methoxy groups -OCH3 is 1. The van der Waals surface area contributed by atoms with Crippen molar-refractivity contribution in [2.75, 3.05) is 20.3 Å². The summed E-state index contributed by atoms with van der Waals surface area (Å²) in [5.74, 6) is 0.828. The van der Waals surface area contributed by atoms with E-state index in [1.54, 1.807) is 19.5 Å². The first-order chi connectivity index (χ1) is 5.84. The maximum absolute atomic E-state index is 5.39. The molecule has 0 atom stereocenters. The molecule has 3 N–H and O–H groups in total. The number of pyridine rings is 1. The van der Waals surface area contributed by atoms with Crippen molar-refractivity contribution in [1.29, 1.82) is 0 Å². The average Bonchev–Trinajstić information content (AvgIpc) is 2.09. The Kier molecular flexibility index (Phi) is 5.84. The van der Waals surface area contributed by atoms with Crippen molar-refractivity contribution in [2.45, 2.75) is 6.92 Å². The van der Waals surface area contributed by atoms with Crippen LogP contribution < -0.4 is 10.9 Å². The lowest BCUT2D eigenvalue weighted by atomic mass is 10.3. The molecule has 0 saturated carbocycles. The Bertz CT molecular complexity index is 241. The van der Waals surface area contributed by atoms with Crippen LogP contribution in [0.5, 0.6) is 5.75 Å². The van der Waals surface area contributed by atoms with Gasteiger partial charge in [-0.05, 0) is 18.6 Å². The second kappa shape index (κ2) is 6.39. The smallest absolute Gasteiger partial charge is 0.140 e. The molecule has 0 bridgehead atoms. The van der Waals surface area contributed by atoms with Gasteiger partial charge in [-0.15, -0.1) is 0 Å². The van der Waals surface area contributed by atoms with Crippen LogP contribution in [-0.4, -0.2) is 25.3 Å². The standard InChI is InChI=1S/C9H13NO2.H3N/c1-8-3-4-10-7-9(8)12-6-5-11-2;/h3-4,7H,5-6H2,1-2H3;1H3. The van der Waals surface area contributed by atoms with Gasteiger partial charge in [-0.25, -0.2) is 0 Å². The van der Waals surface area contributed by atoms with Crippen LogP contribution in [0.4, 0.5) is 0 Å². The molecule has 0 aromatic carbocycles. The minimum atomic E-state index is 0. The van der Waals surface area contributed by atoms with Gasteiger partial charge in [0.25, 0.3) is 0 Å². The second-order valence-corrected chi connectivity index (χ2v) is 2.48. The van der Waals surface area contributed by atoms with E-state index in [0.29, 0.717) is 13.2 Å². The highest BCUT2D eigenvalue weighted by Crippen LogP contribution is 2.13. The van der Waals surface area contributed by atoms with Gasteiger partial charge in [0.2, 0.25) is 0 Å². The van der Waals surface area contributed by atoms with Crippen molar-refractivity contribution < 1.29 is 9.47 Å². The Morgan fingerprint density at radius 2 is 2.15 bits per heavy atom. The zero-order chi connectivity index (χ0) is 8.81. The lowest BCUT2D eigenvalue weighted by Gasteiger charge is -2.06. The van der Waals surface area contributed by atoms with E-state index in [2.05, 4.69) is 4.98 Å². The molecule has 0 aliphatic heterocycles. The molecule has 1 aromatic rings. The monoisotopic (exact) mass is 184 g/mol. The molecule has 74 valence electrons. The number of ether oxygens (including phenoxy) is 2. The first kappa shape index (κ1) is 11.9. The highest BCUT2D eigenvalue weighted by Gasteiger charge is 1.96. The van der Waals surface area contributed by atoms with Crippen molar-refractivity contribution in [3.8, 4) is 5.75 Å². The summed E-state index contributed by atoms with van der Waals surface area (Å²) in [5.41, 5.74) is 1.10. The van der Waals surface area contributed by atoms with Crippen LogP contribution in [0.3, 0.4) is 0 Å². The summed E-state index contributed by atoms with van der Waals surface area (Å²) < 4.78 is 10.2. The number of hydrogen-bond acceptors (Lipinski definition) is 4. The summed E-state index contributed by atoms with van der Waals surface area (Å²) in [6.45, 7) is 3.17. The van der Waals surface area contributed by atoms with Gasteiger partial charge in [0, 0.05) is 13.3 Å². The van der Waals surface area contributed by atoms with E-state index in [-0.39, 0.29) is 6.15 Å². The Morgan fingerprint density at radius 1 is 1.38 bits per heavy atom. The highest BCUT2D eigenvalue weighted by atomic mass is 16.5. The molecule has 4 nitrogen and oxygen atoms in total. The molecular weight excluding hydrogens is 168 g/mol. The van der Waals surface area contributed by atoms with E-state index >= 15 is 0 Å². The fourth-order valence-corrected chi connectivity index (χ4v) is 0.836. The van der Waals surface area contributed by atoms with E-state index in [9.17, 15) is 0 Å². The summed E-state index contributed by atoms with van der Waals surface area (Å²) >= 11 is 0. The van der Waals surface area contributed by atoms with Gasteiger partial charge in [-0.2, -0.15) is 0 Å². The lowest BCUT2D eigenvalue weighted by molar-refractivity contribution is 0.145. The predicted octanol–water partition coefficient (Wildman–Crippen LogP) is 1.58. The lowest BCUT2D eigenvalue weighted by Crippen LogP contribution is -2.05. The molecule has 0 fully saturated rings. The molecule has 0 aliphatic carbocycles. The quantitative estimate of drug-likeness (QED) is 0.721. The van der Waals surface area contributed by atoms with E-state index < -0.39 is 0 Å². The SMILES string of the molecule is COCCOc1cnccc1C.N. The maximum Gasteiger partial charge on any atom is 0.140 e. The minimum Gasteiger partial charge on any atom is -0.489 e. The van der Waals surface area contributed by atoms with Crippen molar-refractivity contribution in [3.05, 3.63) is 24.0 Å². The first-order valence-electron chi connectivity index (χ1n) is 3.87. The third-order valence-corrected chi connectivity index (χ3v) is 1.54. The summed E-state index contributed by atoms with van der Waals surface area (Å²) in [7, 11) is 1.65. The Balaban J connectivity index is 0.00000144. The number of aromatic nitrogens is 1. The molecule has 0 aliphatic rings. The van der Waals surface area contributed by atoms with Crippen LogP contribution in [0, 0.1) is 6.92 Å². The maximum atomic E-state index is 5.39. The fraction of sp³-hybridized carbons (Fsp3) is 0.444. The van der Waals surface area contributed by atoms with Gasteiger partial charge in [-0.3, -0.25) is 4.98 Å². The van der Waals surface area contributed by atoms with Crippen LogP contribution in [0.1, 0.15) is 5.56 Å². The molecule has 1 rings (SSSR count). The molecule has 0 unspecified atom stereocenters. The average molecular weight is 184 g/mol. The summed E-state index contributed by atoms with van der Waals surface area (Å²) in [4.78, 5) is 3.96. The number of hydrogen-bond donors (Lipinski definition) is 1. The van der Waals surface area contributed by atoms with Crippen LogP contribution in [0.15, 0.2) is 18.5 Å². The molecule has 0 amide bonds. The van der Waals surface area contributed by atoms with Crippen LogP contribution >= 0.6 is 0 Å². The van der Waals surface area contributed by atoms with Gasteiger partial charge in [0.05, 0.1) is 12.8 Å². The largest absolute Gasteiger partial charge is 0.489 e. The molecule has 0 radical (unpaired) electrons. The Hall–Kier alpha value is -1.13. The van der Waals surface area contributed by atoms with E-state index in [1.165, 1.54) is 0 Å². The van der Waals surface area contributed by atoms with Gasteiger partial charge in [0.1, 0.15) is 12.4 Å². The first-order valence-corrected chi connectivity index (χ1v) is 3.87. The molecule has 1 aromatic heterocycles. The van der Waals surface area contributed by atoms with Crippen LogP contribution in [0.2, 0.25) is 0 Å². The molecule has 0 saturated heterocycles. The molecular formula is C9H16N2O2. The zero-order valence-corrected chi connectivity index (χ0v) is 8.12. The zero-order valence-electron chi connectivity index (χ0n) is 8.12. The third kappa shape index (κ3) is 3.87. The van der Waals surface area contributed by atoms with Gasteiger partial charge >= 0.3 is 0 Å². The van der Waals surface area contributed by atoms with Crippen molar-refractivity contribution >= 4 is 0 Å². The van der Waals surface area contributed by atoms with Crippen molar-refractivity contribution in [1.82, 2.24) is 11.1 Å². The Morgan fingerprint density at radius 3 is 2.77 bits per heavy atom. The fourth-order valence-electron chi connectivity index (χ4n) is 0.836. The summed E-state index contributed by atoms with van der Waals surface area (Å²) in [6, 6.07) is 1.92. The number of nitrogens with zero attached hydrogens (tertiary/aromatic N) is 1. The number of aryl methyl sites for hydroxylation is 1.